The second-order valence-corrected chi connectivity index (χ2v) is 2.36. The van der Waals surface area contributed by atoms with Gasteiger partial charge in [-0.1, -0.05) is 0 Å². The molecule has 0 unspecified atom stereocenters. The Hall–Kier alpha value is 0.330. The van der Waals surface area contributed by atoms with Gasteiger partial charge in [0, 0.05) is 0 Å². The topological polar surface area (TPSA) is 17.1 Å². The van der Waals surface area contributed by atoms with Gasteiger partial charge >= 0.3 is 31.1 Å². The molecule has 32 valence electrons. The zero-order valence-corrected chi connectivity index (χ0v) is 4.19. The fourth-order valence-electron chi connectivity index (χ4n) is 0. The van der Waals surface area contributed by atoms with Crippen LogP contribution in [0.15, 0.2) is 0 Å². The van der Waals surface area contributed by atoms with E-state index in [4.69, 9.17) is 3.25 Å². The van der Waals surface area contributed by atoms with E-state index >= 15 is 0 Å². The van der Waals surface area contributed by atoms with Crippen molar-refractivity contribution in [2.45, 2.75) is 0 Å². The summed E-state index contributed by atoms with van der Waals surface area (Å²) in [6.45, 7) is 0. The van der Waals surface area contributed by atoms with Gasteiger partial charge in [-0.25, -0.2) is 0 Å². The molecule has 0 saturated carbocycles. The van der Waals surface area contributed by atoms with Gasteiger partial charge in [-0.15, -0.1) is 0 Å². The van der Waals surface area contributed by atoms with E-state index < -0.39 is 18.7 Å². The number of hydrogen-bond donors (Lipinski definition) is 0. The molecule has 0 spiro atoms. The molecular formula is F3NbO. The van der Waals surface area contributed by atoms with Crippen LogP contribution in [0.2, 0.25) is 0 Å². The summed E-state index contributed by atoms with van der Waals surface area (Å²) < 4.78 is 38.3. The monoisotopic (exact) mass is 166 g/mol. The molecule has 0 heterocycles. The van der Waals surface area contributed by atoms with Crippen molar-refractivity contribution >= 4 is 0 Å². The van der Waals surface area contributed by atoms with Crippen LogP contribution in [-0.4, -0.2) is 0 Å². The first-order chi connectivity index (χ1) is 2.00. The Labute approximate surface area is 31.8 Å². The Bertz CT molecular complexity index is 53.0. The van der Waals surface area contributed by atoms with Gasteiger partial charge in [0.25, 0.3) is 0 Å². The third-order valence-electron chi connectivity index (χ3n) is 0. The van der Waals surface area contributed by atoms with Crippen LogP contribution in [0.4, 0.5) is 9.07 Å². The Morgan fingerprint density at radius 2 is 1.20 bits per heavy atom. The van der Waals surface area contributed by atoms with Gasteiger partial charge in [-0.3, -0.25) is 0 Å². The molecule has 0 fully saturated rings. The van der Waals surface area contributed by atoms with Crippen molar-refractivity contribution in [2.75, 3.05) is 0 Å². The van der Waals surface area contributed by atoms with Crippen LogP contribution in [0.3, 0.4) is 0 Å². The average Bonchev–Trinajstić information content (AvgIpc) is 0.722. The summed E-state index contributed by atoms with van der Waals surface area (Å²) in [7, 11) is 0. The Morgan fingerprint density at radius 1 is 1.20 bits per heavy atom. The fraction of sp³-hybridized carbons (Fsp3) is 0. The molecule has 1 nitrogen and oxygen atoms in total. The minimum absolute atomic E-state index is 6.85. The Balaban J connectivity index is 3.47. The first kappa shape index (κ1) is 5.33. The van der Waals surface area contributed by atoms with Crippen LogP contribution in [0.1, 0.15) is 0 Å². The van der Waals surface area contributed by atoms with E-state index in [1.807, 2.05) is 0 Å². The van der Waals surface area contributed by atoms with Crippen molar-refractivity contribution in [1.82, 2.24) is 0 Å². The standard InChI is InChI=1S/3FH.Nb.O/h3*1H;;/q;;;+3;/p-3. The molecule has 0 atom stereocenters. The van der Waals surface area contributed by atoms with Gasteiger partial charge < -0.3 is 0 Å². The van der Waals surface area contributed by atoms with Crippen LogP contribution >= 0.6 is 0 Å². The zero-order chi connectivity index (χ0) is 4.50. The van der Waals surface area contributed by atoms with Crippen LogP contribution in [0.5, 0.6) is 0 Å². The predicted molar refractivity (Wildman–Crippen MR) is 4.01 cm³/mol. The van der Waals surface area contributed by atoms with Crippen LogP contribution in [0.25, 0.3) is 0 Å². The molecule has 0 amide bonds. The van der Waals surface area contributed by atoms with Crippen LogP contribution < -0.4 is 0 Å². The van der Waals surface area contributed by atoms with Gasteiger partial charge in [0.05, 0.1) is 0 Å². The van der Waals surface area contributed by atoms with E-state index in [0.717, 1.165) is 0 Å². The van der Waals surface area contributed by atoms with E-state index in [1.165, 1.54) is 0 Å². The van der Waals surface area contributed by atoms with Gasteiger partial charge in [-0.2, -0.15) is 0 Å². The fourth-order valence-corrected chi connectivity index (χ4v) is 0. The zero-order valence-electron chi connectivity index (χ0n) is 1.99. The summed E-state index contributed by atoms with van der Waals surface area (Å²) in [5.74, 6) is 0. The Morgan fingerprint density at radius 3 is 1.20 bits per heavy atom. The maximum absolute atomic E-state index is 10.00. The van der Waals surface area contributed by atoms with E-state index in [1.54, 1.807) is 0 Å². The average molecular weight is 166 g/mol. The van der Waals surface area contributed by atoms with Crippen molar-refractivity contribution < 1.29 is 31.1 Å². The van der Waals surface area contributed by atoms with Gasteiger partial charge in [0.15, 0.2) is 0 Å². The van der Waals surface area contributed by atoms with E-state index in [-0.39, 0.29) is 0 Å². The third kappa shape index (κ3) is 216. The van der Waals surface area contributed by atoms with E-state index in [9.17, 15) is 9.07 Å². The summed E-state index contributed by atoms with van der Waals surface area (Å²) in [5.41, 5.74) is 0. The summed E-state index contributed by atoms with van der Waals surface area (Å²) in [5, 5.41) is 0. The number of rotatable bonds is 0. The second kappa shape index (κ2) is 1.20. The van der Waals surface area contributed by atoms with Gasteiger partial charge in [0.2, 0.25) is 0 Å². The summed E-state index contributed by atoms with van der Waals surface area (Å²) in [4.78, 5) is 0. The summed E-state index contributed by atoms with van der Waals surface area (Å²) >= 11 is -6.85. The molecule has 0 aliphatic rings. The molecule has 0 aromatic rings. The summed E-state index contributed by atoms with van der Waals surface area (Å²) in [6.07, 6.45) is 0. The first-order valence-electron chi connectivity index (χ1n) is 0.690. The van der Waals surface area contributed by atoms with Crippen molar-refractivity contribution in [3.63, 3.8) is 0 Å². The predicted octanol–water partition coefficient (Wildman–Crippen LogP) is 1.14. The normalized spacial score (nSPS) is 11.8. The van der Waals surface area contributed by atoms with Crippen LogP contribution in [-0.2, 0) is 22.0 Å². The number of halogens is 3. The molecule has 0 rings (SSSR count). The van der Waals surface area contributed by atoms with Crippen molar-refractivity contribution in [2.24, 2.45) is 0 Å². The second-order valence-electron chi connectivity index (χ2n) is 0.399. The van der Waals surface area contributed by atoms with Crippen molar-refractivity contribution in [3.05, 3.63) is 0 Å². The molecule has 0 saturated heterocycles. The van der Waals surface area contributed by atoms with E-state index in [0.29, 0.717) is 0 Å². The molecule has 5 heavy (non-hydrogen) atoms. The Kier molecular flexibility index (Phi) is 1.28. The molecular weight excluding hydrogens is 166 g/mol. The van der Waals surface area contributed by atoms with Crippen molar-refractivity contribution in [3.8, 4) is 0 Å². The molecule has 0 aliphatic carbocycles. The molecule has 0 bridgehead atoms. The van der Waals surface area contributed by atoms with E-state index in [2.05, 4.69) is 0 Å². The molecule has 0 N–H and O–H groups in total. The minimum atomic E-state index is -6.85. The van der Waals surface area contributed by atoms with Gasteiger partial charge in [0.1, 0.15) is 0 Å². The quantitative estimate of drug-likeness (QED) is 0.493. The molecule has 0 aromatic carbocycles. The SMILES string of the molecule is [O]=[Nb]([F])([F])[F]. The maximum atomic E-state index is 10.00. The molecule has 0 radical (unpaired) electrons. The van der Waals surface area contributed by atoms with Crippen molar-refractivity contribution in [1.29, 1.82) is 0 Å². The third-order valence-corrected chi connectivity index (χ3v) is 0. The summed E-state index contributed by atoms with van der Waals surface area (Å²) in [6, 6.07) is 0. The van der Waals surface area contributed by atoms with Crippen LogP contribution in [0, 0.1) is 0 Å². The first-order valence-corrected chi connectivity index (χ1v) is 4.08. The number of hydrogen-bond acceptors (Lipinski definition) is 1. The molecule has 0 aromatic heterocycles. The molecule has 5 heteroatoms. The van der Waals surface area contributed by atoms with Gasteiger partial charge in [-0.05, 0) is 0 Å². The molecule has 0 aliphatic heterocycles.